The van der Waals surface area contributed by atoms with Crippen molar-refractivity contribution < 1.29 is 18.0 Å². The molecule has 10 heteroatoms. The number of carbonyl (C=O) groups excluding carboxylic acids is 2. The molecular formula is C23H29Cl2N3O4S. The molecule has 0 unspecified atom stereocenters. The van der Waals surface area contributed by atoms with Crippen LogP contribution in [0, 0.1) is 6.92 Å². The highest BCUT2D eigenvalue weighted by atomic mass is 35.5. The lowest BCUT2D eigenvalue weighted by Crippen LogP contribution is -2.52. The Kier molecular flexibility index (Phi) is 9.57. The van der Waals surface area contributed by atoms with Gasteiger partial charge in [-0.2, -0.15) is 0 Å². The topological polar surface area (TPSA) is 86.8 Å². The van der Waals surface area contributed by atoms with Crippen molar-refractivity contribution in [1.29, 1.82) is 0 Å². The first-order valence-corrected chi connectivity index (χ1v) is 13.1. The summed E-state index contributed by atoms with van der Waals surface area (Å²) in [5, 5.41) is 3.58. The van der Waals surface area contributed by atoms with Gasteiger partial charge in [0.2, 0.25) is 21.8 Å². The second-order valence-electron chi connectivity index (χ2n) is 7.63. The third-order valence-corrected chi connectivity index (χ3v) is 7.07. The van der Waals surface area contributed by atoms with Gasteiger partial charge in [-0.25, -0.2) is 8.42 Å². The Bertz CT molecular complexity index is 1110. The molecule has 0 saturated heterocycles. The van der Waals surface area contributed by atoms with Crippen LogP contribution < -0.4 is 9.62 Å². The second kappa shape index (κ2) is 11.7. The Hall–Kier alpha value is -2.29. The van der Waals surface area contributed by atoms with Crippen LogP contribution in [-0.4, -0.2) is 50.5 Å². The van der Waals surface area contributed by atoms with Gasteiger partial charge in [0.25, 0.3) is 0 Å². The molecule has 0 heterocycles. The van der Waals surface area contributed by atoms with Crippen LogP contribution >= 0.6 is 23.2 Å². The molecule has 2 aromatic rings. The predicted molar refractivity (Wildman–Crippen MR) is 133 cm³/mol. The minimum absolute atomic E-state index is 0.0560. The molecule has 0 bridgehead atoms. The van der Waals surface area contributed by atoms with Crippen molar-refractivity contribution in [3.63, 3.8) is 0 Å². The summed E-state index contributed by atoms with van der Waals surface area (Å²) < 4.78 is 26.2. The van der Waals surface area contributed by atoms with E-state index in [4.69, 9.17) is 23.2 Å². The molecule has 0 radical (unpaired) electrons. The monoisotopic (exact) mass is 513 g/mol. The molecule has 33 heavy (non-hydrogen) atoms. The van der Waals surface area contributed by atoms with Crippen LogP contribution in [0.25, 0.3) is 0 Å². The number of hydrogen-bond donors (Lipinski definition) is 1. The van der Waals surface area contributed by atoms with Crippen LogP contribution in [0.3, 0.4) is 0 Å². The molecule has 2 amide bonds. The highest BCUT2D eigenvalue weighted by Gasteiger charge is 2.32. The number of hydrogen-bond acceptors (Lipinski definition) is 4. The van der Waals surface area contributed by atoms with E-state index in [1.165, 1.54) is 11.0 Å². The molecule has 7 nitrogen and oxygen atoms in total. The van der Waals surface area contributed by atoms with Gasteiger partial charge in [-0.15, -0.1) is 0 Å². The maximum Gasteiger partial charge on any atom is 0.244 e. The summed E-state index contributed by atoms with van der Waals surface area (Å²) in [7, 11) is -3.82. The maximum atomic E-state index is 13.5. The van der Waals surface area contributed by atoms with Crippen molar-refractivity contribution in [3.8, 4) is 0 Å². The van der Waals surface area contributed by atoms with Gasteiger partial charge in [-0.1, -0.05) is 54.4 Å². The van der Waals surface area contributed by atoms with Crippen molar-refractivity contribution in [2.24, 2.45) is 0 Å². The number of halogens is 2. The number of anilines is 1. The normalized spacial score (nSPS) is 12.2. The predicted octanol–water partition coefficient (Wildman–Crippen LogP) is 4.01. The van der Waals surface area contributed by atoms with Crippen molar-refractivity contribution in [3.05, 3.63) is 63.6 Å². The second-order valence-corrected chi connectivity index (χ2v) is 10.4. The number of likely N-dealkylation sites (N-methyl/N-ethyl adjacent to an activating group) is 1. The zero-order chi connectivity index (χ0) is 24.8. The Labute approximate surface area is 205 Å². The number of nitrogens with one attached hydrogen (secondary N) is 1. The van der Waals surface area contributed by atoms with Gasteiger partial charge in [0.1, 0.15) is 12.6 Å². The van der Waals surface area contributed by atoms with E-state index in [0.717, 1.165) is 16.1 Å². The lowest BCUT2D eigenvalue weighted by Gasteiger charge is -2.33. The number of amides is 2. The van der Waals surface area contributed by atoms with E-state index in [2.05, 4.69) is 5.32 Å². The van der Waals surface area contributed by atoms with Gasteiger partial charge in [-0.3, -0.25) is 13.9 Å². The summed E-state index contributed by atoms with van der Waals surface area (Å²) >= 11 is 12.5. The number of sulfonamides is 1. The molecule has 2 aromatic carbocycles. The quantitative estimate of drug-likeness (QED) is 0.519. The van der Waals surface area contributed by atoms with E-state index >= 15 is 0 Å². The third kappa shape index (κ3) is 7.09. The van der Waals surface area contributed by atoms with Crippen LogP contribution in [0.15, 0.2) is 42.5 Å². The standard InChI is InChI=1S/C23H29Cl2N3O4S/c1-5-21(23(30)26-6-2)27(14-17-9-7-8-10-19(17)24)22(29)15-28(33(4,31)32)18-12-11-16(3)20(25)13-18/h7-13,21H,5-6,14-15H2,1-4H3,(H,26,30)/t21-/m0/s1. The minimum Gasteiger partial charge on any atom is -0.355 e. The number of benzene rings is 2. The number of nitrogens with zero attached hydrogens (tertiary/aromatic N) is 2. The Morgan fingerprint density at radius 3 is 2.27 bits per heavy atom. The average Bonchev–Trinajstić information content (AvgIpc) is 2.74. The van der Waals surface area contributed by atoms with E-state index in [9.17, 15) is 18.0 Å². The number of carbonyl (C=O) groups is 2. The van der Waals surface area contributed by atoms with E-state index in [-0.39, 0.29) is 18.1 Å². The molecule has 1 N–H and O–H groups in total. The zero-order valence-electron chi connectivity index (χ0n) is 19.1. The first-order valence-electron chi connectivity index (χ1n) is 10.5. The summed E-state index contributed by atoms with van der Waals surface area (Å²) in [5.74, 6) is -0.847. The van der Waals surface area contributed by atoms with Crippen LogP contribution in [-0.2, 0) is 26.2 Å². The molecule has 2 rings (SSSR count). The molecule has 1 atom stereocenters. The Morgan fingerprint density at radius 2 is 1.73 bits per heavy atom. The summed E-state index contributed by atoms with van der Waals surface area (Å²) in [6.45, 7) is 5.35. The van der Waals surface area contributed by atoms with Crippen LogP contribution in [0.1, 0.15) is 31.4 Å². The van der Waals surface area contributed by atoms with Crippen molar-refractivity contribution in [2.75, 3.05) is 23.7 Å². The lowest BCUT2D eigenvalue weighted by atomic mass is 10.1. The van der Waals surface area contributed by atoms with E-state index in [0.29, 0.717) is 28.6 Å². The van der Waals surface area contributed by atoms with Gasteiger partial charge in [0, 0.05) is 23.1 Å². The van der Waals surface area contributed by atoms with Crippen LogP contribution in [0.2, 0.25) is 10.0 Å². The van der Waals surface area contributed by atoms with Crippen LogP contribution in [0.5, 0.6) is 0 Å². The number of aryl methyl sites for hydroxylation is 1. The summed E-state index contributed by atoms with van der Waals surface area (Å²) in [6, 6.07) is 11.0. The van der Waals surface area contributed by atoms with E-state index in [1.807, 2.05) is 0 Å². The highest BCUT2D eigenvalue weighted by Crippen LogP contribution is 2.26. The van der Waals surface area contributed by atoms with Gasteiger partial charge < -0.3 is 10.2 Å². The maximum absolute atomic E-state index is 13.5. The fourth-order valence-electron chi connectivity index (χ4n) is 3.37. The summed E-state index contributed by atoms with van der Waals surface area (Å²) in [4.78, 5) is 27.6. The highest BCUT2D eigenvalue weighted by molar-refractivity contribution is 7.92. The molecule has 0 aliphatic carbocycles. The zero-order valence-corrected chi connectivity index (χ0v) is 21.5. The minimum atomic E-state index is -3.82. The van der Waals surface area contributed by atoms with Gasteiger partial charge in [0.05, 0.1) is 11.9 Å². The first-order chi connectivity index (χ1) is 15.5. The van der Waals surface area contributed by atoms with Crippen LogP contribution in [0.4, 0.5) is 5.69 Å². The molecule has 0 saturated carbocycles. The Morgan fingerprint density at radius 1 is 1.06 bits per heavy atom. The average molecular weight is 514 g/mol. The number of rotatable bonds is 10. The molecule has 0 fully saturated rings. The largest absolute Gasteiger partial charge is 0.355 e. The van der Waals surface area contributed by atoms with Gasteiger partial charge in [0.15, 0.2) is 0 Å². The van der Waals surface area contributed by atoms with Crippen molar-refractivity contribution in [1.82, 2.24) is 10.2 Å². The molecule has 0 aliphatic rings. The molecule has 0 aliphatic heterocycles. The SMILES string of the molecule is CCNC(=O)[C@H](CC)N(Cc1ccccc1Cl)C(=O)CN(c1ccc(C)c(Cl)c1)S(C)(=O)=O. The van der Waals surface area contributed by atoms with Crippen molar-refractivity contribution in [2.45, 2.75) is 39.8 Å². The molecular weight excluding hydrogens is 485 g/mol. The lowest BCUT2D eigenvalue weighted by molar-refractivity contribution is -0.140. The Balaban J connectivity index is 2.47. The summed E-state index contributed by atoms with van der Waals surface area (Å²) in [6.07, 6.45) is 1.37. The van der Waals surface area contributed by atoms with Gasteiger partial charge >= 0.3 is 0 Å². The molecule has 0 aromatic heterocycles. The molecule has 0 spiro atoms. The summed E-state index contributed by atoms with van der Waals surface area (Å²) in [5.41, 5.74) is 1.70. The van der Waals surface area contributed by atoms with Crippen molar-refractivity contribution >= 4 is 50.7 Å². The first kappa shape index (κ1) is 27.0. The van der Waals surface area contributed by atoms with E-state index < -0.39 is 28.5 Å². The fraction of sp³-hybridized carbons (Fsp3) is 0.391. The molecule has 180 valence electrons. The third-order valence-electron chi connectivity index (χ3n) is 5.16. The fourth-order valence-corrected chi connectivity index (χ4v) is 4.58. The van der Waals surface area contributed by atoms with Gasteiger partial charge in [-0.05, 0) is 49.6 Å². The smallest absolute Gasteiger partial charge is 0.244 e. The van der Waals surface area contributed by atoms with E-state index in [1.54, 1.807) is 57.2 Å².